The molecule has 1 atom stereocenters. The number of para-hydroxylation sites is 1. The first-order valence-electron chi connectivity index (χ1n) is 7.05. The Labute approximate surface area is 136 Å². The van der Waals surface area contributed by atoms with Crippen LogP contribution < -0.4 is 4.31 Å². The van der Waals surface area contributed by atoms with E-state index in [1.165, 1.54) is 14.2 Å². The van der Waals surface area contributed by atoms with Gasteiger partial charge in [-0.15, -0.1) is 0 Å². The van der Waals surface area contributed by atoms with Crippen molar-refractivity contribution in [1.82, 2.24) is 0 Å². The molecule has 0 spiro atoms. The number of carbonyl (C=O) groups is 1. The van der Waals surface area contributed by atoms with Crippen LogP contribution in [0.1, 0.15) is 16.4 Å². The van der Waals surface area contributed by atoms with Gasteiger partial charge in [0.05, 0.1) is 12.8 Å². The summed E-state index contributed by atoms with van der Waals surface area (Å²) in [4.78, 5) is 12.2. The number of ether oxygens (including phenoxy) is 1. The Morgan fingerprint density at radius 2 is 1.61 bits per heavy atom. The maximum atomic E-state index is 13.0. The lowest BCUT2D eigenvalue weighted by atomic mass is 10.1. The van der Waals surface area contributed by atoms with Crippen molar-refractivity contribution < 1.29 is 17.9 Å². The van der Waals surface area contributed by atoms with Gasteiger partial charge in [-0.1, -0.05) is 42.5 Å². The van der Waals surface area contributed by atoms with E-state index in [1.807, 2.05) is 0 Å². The number of esters is 1. The predicted octanol–water partition coefficient (Wildman–Crippen LogP) is 2.68. The molecule has 0 aliphatic carbocycles. The van der Waals surface area contributed by atoms with Gasteiger partial charge in [-0.2, -0.15) is 0 Å². The molecule has 0 aromatic heterocycles. The average molecular weight is 333 g/mol. The summed E-state index contributed by atoms with van der Waals surface area (Å²) < 4.78 is 31.9. The molecule has 0 aliphatic heterocycles. The molecule has 1 unspecified atom stereocenters. The average Bonchev–Trinajstić information content (AvgIpc) is 2.56. The third-order valence-corrected chi connectivity index (χ3v) is 5.70. The van der Waals surface area contributed by atoms with E-state index in [9.17, 15) is 13.2 Å². The van der Waals surface area contributed by atoms with Gasteiger partial charge in [0.15, 0.2) is 0 Å². The Hall–Kier alpha value is -2.34. The molecule has 2 rings (SSSR count). The molecule has 23 heavy (non-hydrogen) atoms. The van der Waals surface area contributed by atoms with Crippen LogP contribution in [0.5, 0.6) is 0 Å². The lowest BCUT2D eigenvalue weighted by molar-refractivity contribution is -0.140. The van der Waals surface area contributed by atoms with Crippen LogP contribution in [0.4, 0.5) is 5.69 Å². The van der Waals surface area contributed by atoms with Crippen molar-refractivity contribution in [1.29, 1.82) is 0 Å². The summed E-state index contributed by atoms with van der Waals surface area (Å²) in [5.41, 5.74) is 1.62. The van der Waals surface area contributed by atoms with Gasteiger partial charge in [-0.05, 0) is 30.2 Å². The highest BCUT2D eigenvalue weighted by molar-refractivity contribution is 7.93. The van der Waals surface area contributed by atoms with E-state index in [4.69, 9.17) is 4.74 Å². The topological polar surface area (TPSA) is 63.7 Å². The smallest absolute Gasteiger partial charge is 0.330 e. The maximum Gasteiger partial charge on any atom is 0.330 e. The van der Waals surface area contributed by atoms with E-state index in [1.54, 1.807) is 61.5 Å². The molecular formula is C17H19NO4S. The predicted molar refractivity (Wildman–Crippen MR) is 89.7 cm³/mol. The van der Waals surface area contributed by atoms with E-state index >= 15 is 0 Å². The van der Waals surface area contributed by atoms with Crippen molar-refractivity contribution in [2.45, 2.75) is 12.2 Å². The van der Waals surface area contributed by atoms with Crippen molar-refractivity contribution in [3.8, 4) is 0 Å². The fraction of sp³-hybridized carbons (Fsp3) is 0.235. The van der Waals surface area contributed by atoms with Crippen molar-refractivity contribution in [2.75, 3.05) is 18.5 Å². The molecule has 2 aromatic carbocycles. The van der Waals surface area contributed by atoms with E-state index in [0.717, 1.165) is 4.31 Å². The molecule has 2 aromatic rings. The first kappa shape index (κ1) is 17.0. The van der Waals surface area contributed by atoms with Crippen molar-refractivity contribution in [3.05, 3.63) is 65.7 Å². The van der Waals surface area contributed by atoms with Crippen LogP contribution in [-0.2, 0) is 19.6 Å². The minimum atomic E-state index is -3.98. The van der Waals surface area contributed by atoms with Crippen LogP contribution in [0.15, 0.2) is 54.6 Å². The van der Waals surface area contributed by atoms with Gasteiger partial charge in [0.1, 0.15) is 0 Å². The summed E-state index contributed by atoms with van der Waals surface area (Å²) in [5.74, 6) is -0.804. The van der Waals surface area contributed by atoms with Gasteiger partial charge < -0.3 is 4.74 Å². The number of carbonyl (C=O) groups excluding carboxylic acids is 1. The fourth-order valence-corrected chi connectivity index (χ4v) is 4.00. The zero-order valence-corrected chi connectivity index (χ0v) is 14.1. The summed E-state index contributed by atoms with van der Waals surface area (Å²) in [6.45, 7) is 1.77. The Morgan fingerprint density at radius 3 is 2.17 bits per heavy atom. The standard InChI is InChI=1S/C17H19NO4S/c1-13-9-7-8-12-15(13)16(17(19)22-3)23(20,21)18(2)14-10-5-4-6-11-14/h4-12,16H,1-3H3. The summed E-state index contributed by atoms with van der Waals surface area (Å²) >= 11 is 0. The minimum absolute atomic E-state index is 0.419. The number of anilines is 1. The number of sulfonamides is 1. The molecule has 0 saturated heterocycles. The van der Waals surface area contributed by atoms with Gasteiger partial charge in [0, 0.05) is 7.05 Å². The van der Waals surface area contributed by atoms with Gasteiger partial charge in [-0.3, -0.25) is 9.10 Å². The molecule has 0 heterocycles. The monoisotopic (exact) mass is 333 g/mol. The lowest BCUT2D eigenvalue weighted by Crippen LogP contribution is -2.36. The van der Waals surface area contributed by atoms with E-state index < -0.39 is 21.2 Å². The fourth-order valence-electron chi connectivity index (χ4n) is 2.34. The van der Waals surface area contributed by atoms with E-state index in [-0.39, 0.29) is 0 Å². The second-order valence-electron chi connectivity index (χ2n) is 5.11. The van der Waals surface area contributed by atoms with Crippen LogP contribution in [0.25, 0.3) is 0 Å². The van der Waals surface area contributed by atoms with Gasteiger partial charge >= 0.3 is 5.97 Å². The second kappa shape index (κ2) is 6.83. The quantitative estimate of drug-likeness (QED) is 0.789. The highest BCUT2D eigenvalue weighted by atomic mass is 32.2. The number of hydrogen-bond acceptors (Lipinski definition) is 4. The summed E-state index contributed by atoms with van der Waals surface area (Å²) in [6.07, 6.45) is 0. The third kappa shape index (κ3) is 3.37. The van der Waals surface area contributed by atoms with E-state index in [0.29, 0.717) is 16.8 Å². The summed E-state index contributed by atoms with van der Waals surface area (Å²) in [6, 6.07) is 15.5. The Bertz CT molecular complexity index is 787. The molecule has 0 N–H and O–H groups in total. The zero-order valence-electron chi connectivity index (χ0n) is 13.3. The normalized spacial score (nSPS) is 12.5. The molecule has 5 nitrogen and oxygen atoms in total. The molecule has 122 valence electrons. The van der Waals surface area contributed by atoms with Crippen molar-refractivity contribution in [2.24, 2.45) is 0 Å². The molecule has 0 fully saturated rings. The third-order valence-electron chi connectivity index (χ3n) is 3.69. The molecule has 6 heteroatoms. The van der Waals surface area contributed by atoms with Crippen LogP contribution in [0.3, 0.4) is 0 Å². The summed E-state index contributed by atoms with van der Waals surface area (Å²) in [7, 11) is -1.37. The van der Waals surface area contributed by atoms with Crippen molar-refractivity contribution >= 4 is 21.7 Å². The van der Waals surface area contributed by atoms with Crippen LogP contribution in [-0.4, -0.2) is 28.5 Å². The van der Waals surface area contributed by atoms with Crippen LogP contribution >= 0.6 is 0 Å². The Morgan fingerprint density at radius 1 is 1.04 bits per heavy atom. The van der Waals surface area contributed by atoms with Crippen molar-refractivity contribution in [3.63, 3.8) is 0 Å². The molecule has 0 amide bonds. The first-order valence-corrected chi connectivity index (χ1v) is 8.56. The van der Waals surface area contributed by atoms with E-state index in [2.05, 4.69) is 0 Å². The first-order chi connectivity index (χ1) is 10.9. The zero-order chi connectivity index (χ0) is 17.0. The number of nitrogens with zero attached hydrogens (tertiary/aromatic N) is 1. The second-order valence-corrected chi connectivity index (χ2v) is 7.16. The number of rotatable bonds is 5. The Kier molecular flexibility index (Phi) is 5.05. The molecular weight excluding hydrogens is 314 g/mol. The molecule has 0 radical (unpaired) electrons. The molecule has 0 bridgehead atoms. The minimum Gasteiger partial charge on any atom is -0.468 e. The van der Waals surface area contributed by atoms with Crippen LogP contribution in [0, 0.1) is 6.92 Å². The maximum absolute atomic E-state index is 13.0. The van der Waals surface area contributed by atoms with Gasteiger partial charge in [0.25, 0.3) is 10.0 Å². The van der Waals surface area contributed by atoms with Gasteiger partial charge in [-0.25, -0.2) is 8.42 Å². The SMILES string of the molecule is COC(=O)C(c1ccccc1C)S(=O)(=O)N(C)c1ccccc1. The van der Waals surface area contributed by atoms with Gasteiger partial charge in [0.2, 0.25) is 5.25 Å². The molecule has 0 aliphatic rings. The largest absolute Gasteiger partial charge is 0.468 e. The van der Waals surface area contributed by atoms with Crippen LogP contribution in [0.2, 0.25) is 0 Å². The molecule has 0 saturated carbocycles. The number of methoxy groups -OCH3 is 1. The Balaban J connectivity index is 2.55. The highest BCUT2D eigenvalue weighted by Gasteiger charge is 2.39. The summed E-state index contributed by atoms with van der Waals surface area (Å²) in [5, 5.41) is -1.40. The number of benzene rings is 2. The lowest BCUT2D eigenvalue weighted by Gasteiger charge is -2.25. The highest BCUT2D eigenvalue weighted by Crippen LogP contribution is 2.31. The number of aryl methyl sites for hydroxylation is 1. The number of hydrogen-bond donors (Lipinski definition) is 0.